The molecule has 2 N–H and O–H groups in total. The van der Waals surface area contributed by atoms with E-state index in [0.717, 1.165) is 28.1 Å². The fourth-order valence-electron chi connectivity index (χ4n) is 2.79. The number of para-hydroxylation sites is 1. The summed E-state index contributed by atoms with van der Waals surface area (Å²) in [7, 11) is 0. The average Bonchev–Trinajstić information content (AvgIpc) is 3.32. The van der Waals surface area contributed by atoms with Crippen LogP contribution < -0.4 is 5.32 Å². The Balaban J connectivity index is 1.36. The fourth-order valence-corrected chi connectivity index (χ4v) is 2.79. The summed E-state index contributed by atoms with van der Waals surface area (Å²) >= 11 is 0. The molecule has 0 radical (unpaired) electrons. The highest BCUT2D eigenvalue weighted by atomic mass is 16.1. The van der Waals surface area contributed by atoms with E-state index in [1.54, 1.807) is 24.3 Å². The number of hydrogen-bond acceptors (Lipinski definition) is 5. The monoisotopic (exact) mass is 347 g/mol. The number of amides is 1. The van der Waals surface area contributed by atoms with E-state index in [4.69, 9.17) is 0 Å². The molecule has 0 saturated carbocycles. The molecular weight excluding hydrogens is 330 g/mol. The zero-order chi connectivity index (χ0) is 17.9. The minimum absolute atomic E-state index is 0.124. The lowest BCUT2D eigenvalue weighted by atomic mass is 10.2. The maximum absolute atomic E-state index is 12.3. The summed E-state index contributed by atoms with van der Waals surface area (Å²) in [5.74, 6) is 0.740. The SMILES string of the molecule is Cc1cccc2[nH]c(CCNC(=O)c3ccc(-n4cnnn4)cc3)nc12. The number of hydrogen-bond donors (Lipinski definition) is 2. The molecule has 2 aromatic carbocycles. The molecule has 8 heteroatoms. The third-order valence-electron chi connectivity index (χ3n) is 4.15. The van der Waals surface area contributed by atoms with Gasteiger partial charge in [0, 0.05) is 18.5 Å². The van der Waals surface area contributed by atoms with Gasteiger partial charge in [0.1, 0.15) is 12.2 Å². The summed E-state index contributed by atoms with van der Waals surface area (Å²) in [6, 6.07) is 13.1. The number of aromatic nitrogens is 6. The van der Waals surface area contributed by atoms with Crippen LogP contribution in [0.25, 0.3) is 16.7 Å². The van der Waals surface area contributed by atoms with Gasteiger partial charge >= 0.3 is 0 Å². The highest BCUT2D eigenvalue weighted by molar-refractivity contribution is 5.94. The van der Waals surface area contributed by atoms with Crippen LogP contribution in [0, 0.1) is 6.92 Å². The van der Waals surface area contributed by atoms with E-state index in [2.05, 4.69) is 30.8 Å². The number of nitrogens with zero attached hydrogens (tertiary/aromatic N) is 5. The topological polar surface area (TPSA) is 101 Å². The van der Waals surface area contributed by atoms with Crippen molar-refractivity contribution in [1.82, 2.24) is 35.5 Å². The van der Waals surface area contributed by atoms with Crippen molar-refractivity contribution in [2.45, 2.75) is 13.3 Å². The predicted octanol–water partition coefficient (Wildman–Crippen LogP) is 1.82. The molecule has 2 aromatic heterocycles. The molecule has 0 aliphatic carbocycles. The zero-order valence-electron chi connectivity index (χ0n) is 14.2. The molecule has 0 fully saturated rings. The molecule has 130 valence electrons. The van der Waals surface area contributed by atoms with Gasteiger partial charge in [0.25, 0.3) is 5.91 Å². The van der Waals surface area contributed by atoms with Gasteiger partial charge in [-0.25, -0.2) is 9.67 Å². The maximum atomic E-state index is 12.3. The lowest BCUT2D eigenvalue weighted by molar-refractivity contribution is 0.0954. The van der Waals surface area contributed by atoms with Crippen LogP contribution in [0.1, 0.15) is 21.7 Å². The van der Waals surface area contributed by atoms with E-state index in [0.29, 0.717) is 18.5 Å². The first kappa shape index (κ1) is 15.9. The largest absolute Gasteiger partial charge is 0.352 e. The second-order valence-electron chi connectivity index (χ2n) is 5.96. The zero-order valence-corrected chi connectivity index (χ0v) is 14.2. The van der Waals surface area contributed by atoms with Crippen molar-refractivity contribution in [1.29, 1.82) is 0 Å². The second kappa shape index (κ2) is 6.75. The van der Waals surface area contributed by atoms with Gasteiger partial charge in [-0.05, 0) is 53.2 Å². The molecule has 0 saturated heterocycles. The normalized spacial score (nSPS) is 11.0. The molecule has 26 heavy (non-hydrogen) atoms. The highest BCUT2D eigenvalue weighted by Crippen LogP contribution is 2.15. The van der Waals surface area contributed by atoms with Crippen molar-refractivity contribution >= 4 is 16.9 Å². The fraction of sp³-hybridized carbons (Fsp3) is 0.167. The number of aryl methyl sites for hydroxylation is 1. The minimum atomic E-state index is -0.124. The van der Waals surface area contributed by atoms with E-state index in [1.807, 2.05) is 25.1 Å². The summed E-state index contributed by atoms with van der Waals surface area (Å²) in [5.41, 5.74) is 4.51. The standard InChI is InChI=1S/C18H17N7O/c1-12-3-2-4-15-17(12)22-16(21-15)9-10-19-18(26)13-5-7-14(8-6-13)25-11-20-23-24-25/h2-8,11H,9-10H2,1H3,(H,19,26)(H,21,22). The molecule has 0 atom stereocenters. The van der Waals surface area contributed by atoms with Gasteiger partial charge in [-0.1, -0.05) is 12.1 Å². The molecule has 0 aliphatic rings. The van der Waals surface area contributed by atoms with Crippen molar-refractivity contribution in [3.8, 4) is 5.69 Å². The van der Waals surface area contributed by atoms with Crippen molar-refractivity contribution in [3.63, 3.8) is 0 Å². The van der Waals surface area contributed by atoms with Crippen molar-refractivity contribution in [2.24, 2.45) is 0 Å². The summed E-state index contributed by atoms with van der Waals surface area (Å²) < 4.78 is 1.53. The molecule has 8 nitrogen and oxygen atoms in total. The molecule has 2 heterocycles. The van der Waals surface area contributed by atoms with Gasteiger partial charge in [-0.3, -0.25) is 4.79 Å². The number of carbonyl (C=O) groups excluding carboxylic acids is 1. The van der Waals surface area contributed by atoms with Crippen LogP contribution in [0.2, 0.25) is 0 Å². The molecular formula is C18H17N7O. The number of rotatable bonds is 5. The van der Waals surface area contributed by atoms with Crippen LogP contribution in [-0.2, 0) is 6.42 Å². The molecule has 1 amide bonds. The first-order valence-corrected chi connectivity index (χ1v) is 8.26. The molecule has 0 unspecified atom stereocenters. The number of imidazole rings is 1. The van der Waals surface area contributed by atoms with Crippen LogP contribution in [0.4, 0.5) is 0 Å². The van der Waals surface area contributed by atoms with Crippen LogP contribution in [0.5, 0.6) is 0 Å². The molecule has 4 rings (SSSR count). The molecule has 0 bridgehead atoms. The number of benzene rings is 2. The van der Waals surface area contributed by atoms with E-state index >= 15 is 0 Å². The Hall–Kier alpha value is -3.55. The van der Waals surface area contributed by atoms with Crippen molar-refractivity contribution in [2.75, 3.05) is 6.54 Å². The van der Waals surface area contributed by atoms with Crippen LogP contribution in [-0.4, -0.2) is 42.6 Å². The average molecular weight is 347 g/mol. The number of aromatic amines is 1. The molecule has 0 spiro atoms. The lowest BCUT2D eigenvalue weighted by Crippen LogP contribution is -2.25. The van der Waals surface area contributed by atoms with Crippen molar-refractivity contribution in [3.05, 3.63) is 65.7 Å². The van der Waals surface area contributed by atoms with Gasteiger partial charge in [0.05, 0.1) is 16.7 Å². The maximum Gasteiger partial charge on any atom is 0.251 e. The first-order valence-electron chi connectivity index (χ1n) is 8.26. The third kappa shape index (κ3) is 3.16. The molecule has 0 aliphatic heterocycles. The number of H-pyrrole nitrogens is 1. The first-order chi connectivity index (χ1) is 12.7. The Morgan fingerprint density at radius 2 is 2.04 bits per heavy atom. The summed E-state index contributed by atoms with van der Waals surface area (Å²) in [6.07, 6.45) is 2.15. The molecule has 4 aromatic rings. The van der Waals surface area contributed by atoms with Crippen molar-refractivity contribution < 1.29 is 4.79 Å². The van der Waals surface area contributed by atoms with Crippen LogP contribution >= 0.6 is 0 Å². The number of nitrogens with one attached hydrogen (secondary N) is 2. The van der Waals surface area contributed by atoms with Gasteiger partial charge < -0.3 is 10.3 Å². The Morgan fingerprint density at radius 1 is 1.19 bits per heavy atom. The van der Waals surface area contributed by atoms with Gasteiger partial charge in [-0.2, -0.15) is 0 Å². The number of fused-ring (bicyclic) bond motifs is 1. The Labute approximate surface area is 149 Å². The van der Waals surface area contributed by atoms with Gasteiger partial charge in [0.2, 0.25) is 0 Å². The summed E-state index contributed by atoms with van der Waals surface area (Å²) in [4.78, 5) is 20.2. The lowest BCUT2D eigenvalue weighted by Gasteiger charge is -2.05. The number of tetrazole rings is 1. The Morgan fingerprint density at radius 3 is 2.77 bits per heavy atom. The predicted molar refractivity (Wildman–Crippen MR) is 96.0 cm³/mol. The summed E-state index contributed by atoms with van der Waals surface area (Å²) in [6.45, 7) is 2.54. The highest BCUT2D eigenvalue weighted by Gasteiger charge is 2.08. The van der Waals surface area contributed by atoms with Crippen LogP contribution in [0.3, 0.4) is 0 Å². The van der Waals surface area contributed by atoms with Crippen LogP contribution in [0.15, 0.2) is 48.8 Å². The van der Waals surface area contributed by atoms with E-state index in [9.17, 15) is 4.79 Å². The quantitative estimate of drug-likeness (QED) is 0.573. The third-order valence-corrected chi connectivity index (χ3v) is 4.15. The Bertz CT molecular complexity index is 1040. The Kier molecular flexibility index (Phi) is 4.14. The minimum Gasteiger partial charge on any atom is -0.352 e. The number of carbonyl (C=O) groups is 1. The summed E-state index contributed by atoms with van der Waals surface area (Å²) in [5, 5.41) is 13.9. The smallest absolute Gasteiger partial charge is 0.251 e. The van der Waals surface area contributed by atoms with E-state index in [-0.39, 0.29) is 5.91 Å². The van der Waals surface area contributed by atoms with Gasteiger partial charge in [0.15, 0.2) is 0 Å². The second-order valence-corrected chi connectivity index (χ2v) is 5.96. The van der Waals surface area contributed by atoms with E-state index in [1.165, 1.54) is 11.0 Å². The van der Waals surface area contributed by atoms with Gasteiger partial charge in [-0.15, -0.1) is 5.10 Å². The van der Waals surface area contributed by atoms with E-state index < -0.39 is 0 Å².